The zero-order chi connectivity index (χ0) is 40.0. The molecule has 3 aromatic rings. The van der Waals surface area contributed by atoms with Crippen molar-refractivity contribution in [2.45, 2.75) is 74.3 Å². The van der Waals surface area contributed by atoms with E-state index in [4.69, 9.17) is 19.0 Å². The fraction of sp³-hybridized carbons (Fsp3) is 0.415. The Bertz CT molecular complexity index is 1990. The number of esters is 2. The van der Waals surface area contributed by atoms with E-state index in [2.05, 4.69) is 10.1 Å². The van der Waals surface area contributed by atoms with Crippen molar-refractivity contribution in [3.8, 4) is 0 Å². The third kappa shape index (κ3) is 6.99. The summed E-state index contributed by atoms with van der Waals surface area (Å²) in [5, 5.41) is 13.4. The maximum atomic E-state index is 15.3. The minimum absolute atomic E-state index is 0.00292. The van der Waals surface area contributed by atoms with Gasteiger partial charge in [0.15, 0.2) is 12.6 Å². The molecule has 3 aromatic carbocycles. The molecule has 4 aliphatic heterocycles. The van der Waals surface area contributed by atoms with Crippen molar-refractivity contribution < 1.29 is 61.2 Å². The molecule has 57 heavy (non-hydrogen) atoms. The van der Waals surface area contributed by atoms with Gasteiger partial charge in [0, 0.05) is 36.7 Å². The standard InChI is InChI=1S/C41H40F3N3O10/c42-40(43,44)24-53-31(49)18-17-25-10-7-8-11-26(25)23-47-34-37(51)54-30-22-39(34,38(52)46-20-9-16-29(46)36(50)45-19-21-48)35(57-47)33-32(30)55-41(56-33,27-12-3-1-4-13-27)28-14-5-2-6-15-28/h1-8,10-15,17-18,29-30,32-35,48H,9,16,19-24H2,(H,45,50)/t29-,30-,32+,33+,34+,35-,39+/m1/s1. The number of halogens is 3. The topological polar surface area (TPSA) is 153 Å². The normalized spacial score (nSPS) is 28.9. The van der Waals surface area contributed by atoms with Crippen LogP contribution in [0.15, 0.2) is 91.0 Å². The van der Waals surface area contributed by atoms with Crippen molar-refractivity contribution in [2.24, 2.45) is 5.41 Å². The highest BCUT2D eigenvalue weighted by molar-refractivity contribution is 5.96. The summed E-state index contributed by atoms with van der Waals surface area (Å²) in [6.07, 6.45) is -5.58. The second kappa shape index (κ2) is 15.3. The third-order valence-electron chi connectivity index (χ3n) is 11.2. The molecule has 8 rings (SSSR count). The van der Waals surface area contributed by atoms with Crippen LogP contribution >= 0.6 is 0 Å². The number of hydrogen-bond donors (Lipinski definition) is 2. The van der Waals surface area contributed by atoms with Gasteiger partial charge >= 0.3 is 18.1 Å². The number of alkyl halides is 3. The summed E-state index contributed by atoms with van der Waals surface area (Å²) in [6, 6.07) is 23.0. The number of carbonyl (C=O) groups is 4. The van der Waals surface area contributed by atoms with Gasteiger partial charge in [-0.15, -0.1) is 0 Å². The van der Waals surface area contributed by atoms with Gasteiger partial charge in [0.1, 0.15) is 35.9 Å². The summed E-state index contributed by atoms with van der Waals surface area (Å²) in [6.45, 7) is -1.92. The summed E-state index contributed by atoms with van der Waals surface area (Å²) >= 11 is 0. The van der Waals surface area contributed by atoms with Crippen molar-refractivity contribution in [1.82, 2.24) is 15.3 Å². The van der Waals surface area contributed by atoms with E-state index in [-0.39, 0.29) is 32.7 Å². The molecule has 2 N–H and O–H groups in total. The molecule has 0 radical (unpaired) electrons. The van der Waals surface area contributed by atoms with Crippen LogP contribution in [0.1, 0.15) is 41.5 Å². The fourth-order valence-electron chi connectivity index (χ4n) is 8.88. The monoisotopic (exact) mass is 791 g/mol. The summed E-state index contributed by atoms with van der Waals surface area (Å²) in [5.74, 6) is -4.35. The van der Waals surface area contributed by atoms with Gasteiger partial charge in [-0.05, 0) is 30.0 Å². The quantitative estimate of drug-likeness (QED) is 0.217. The lowest BCUT2D eigenvalue weighted by molar-refractivity contribution is -0.214. The van der Waals surface area contributed by atoms with Crippen molar-refractivity contribution >= 4 is 29.8 Å². The van der Waals surface area contributed by atoms with Crippen LogP contribution in [-0.4, -0.2) is 108 Å². The molecule has 13 nitrogen and oxygen atoms in total. The lowest BCUT2D eigenvalue weighted by atomic mass is 9.62. The average Bonchev–Trinajstić information content (AvgIpc) is 3.95. The largest absolute Gasteiger partial charge is 0.458 e. The first-order valence-electron chi connectivity index (χ1n) is 18.7. The maximum Gasteiger partial charge on any atom is 0.422 e. The van der Waals surface area contributed by atoms with Gasteiger partial charge in [0.05, 0.1) is 13.2 Å². The summed E-state index contributed by atoms with van der Waals surface area (Å²) in [4.78, 5) is 63.5. The second-order valence-corrected chi connectivity index (χ2v) is 14.7. The number of carbonyl (C=O) groups excluding carboxylic acids is 4. The highest BCUT2D eigenvalue weighted by atomic mass is 19.4. The van der Waals surface area contributed by atoms with Crippen LogP contribution in [0.5, 0.6) is 0 Å². The van der Waals surface area contributed by atoms with Crippen molar-refractivity contribution in [2.75, 3.05) is 26.3 Å². The van der Waals surface area contributed by atoms with Crippen LogP contribution in [0.3, 0.4) is 0 Å². The Hall–Kier alpha value is -5.13. The van der Waals surface area contributed by atoms with Crippen LogP contribution in [-0.2, 0) is 55.3 Å². The molecule has 5 aliphatic rings. The molecule has 1 aliphatic carbocycles. The van der Waals surface area contributed by atoms with E-state index < -0.39 is 84.2 Å². The predicted octanol–water partition coefficient (Wildman–Crippen LogP) is 3.39. The lowest BCUT2D eigenvalue weighted by Gasteiger charge is -2.50. The molecule has 0 spiro atoms. The van der Waals surface area contributed by atoms with Crippen LogP contribution < -0.4 is 5.32 Å². The van der Waals surface area contributed by atoms with Crippen molar-refractivity contribution in [1.29, 1.82) is 0 Å². The highest BCUT2D eigenvalue weighted by Crippen LogP contribution is 2.60. The molecular weight excluding hydrogens is 751 g/mol. The van der Waals surface area contributed by atoms with E-state index in [0.29, 0.717) is 35.1 Å². The van der Waals surface area contributed by atoms with Crippen LogP contribution in [0.2, 0.25) is 0 Å². The van der Waals surface area contributed by atoms with Gasteiger partial charge in [-0.3, -0.25) is 19.2 Å². The summed E-state index contributed by atoms with van der Waals surface area (Å²) in [7, 11) is 0. The Morgan fingerprint density at radius 2 is 1.61 bits per heavy atom. The number of likely N-dealkylation sites (tertiary alicyclic amines) is 1. The first-order valence-corrected chi connectivity index (χ1v) is 18.7. The van der Waals surface area contributed by atoms with Crippen molar-refractivity contribution in [3.05, 3.63) is 113 Å². The first-order chi connectivity index (χ1) is 27.4. The van der Waals surface area contributed by atoms with Crippen LogP contribution in [0, 0.1) is 5.41 Å². The van der Waals surface area contributed by atoms with E-state index in [1.165, 1.54) is 16.0 Å². The number of hydroxylamine groups is 2. The number of hydrogen-bond acceptors (Lipinski definition) is 11. The number of benzene rings is 3. The molecule has 0 aromatic heterocycles. The third-order valence-corrected chi connectivity index (χ3v) is 11.2. The zero-order valence-electron chi connectivity index (χ0n) is 30.5. The number of aliphatic hydroxyl groups excluding tert-OH is 1. The van der Waals surface area contributed by atoms with E-state index in [9.17, 15) is 32.7 Å². The molecular formula is C41H40F3N3O10. The summed E-state index contributed by atoms with van der Waals surface area (Å²) < 4.78 is 62.4. The molecule has 2 amide bonds. The van der Waals surface area contributed by atoms with Crippen LogP contribution in [0.4, 0.5) is 13.2 Å². The van der Waals surface area contributed by atoms with E-state index in [1.54, 1.807) is 24.3 Å². The molecule has 7 atom stereocenters. The number of aliphatic hydroxyl groups is 1. The Morgan fingerprint density at radius 1 is 0.947 bits per heavy atom. The van der Waals surface area contributed by atoms with Gasteiger partial charge in [-0.25, -0.2) is 4.79 Å². The minimum atomic E-state index is -4.69. The molecule has 1 saturated carbocycles. The Labute approximate surface area is 325 Å². The average molecular weight is 792 g/mol. The van der Waals surface area contributed by atoms with Gasteiger partial charge in [-0.2, -0.15) is 18.2 Å². The molecule has 2 bridgehead atoms. The Kier molecular flexibility index (Phi) is 10.4. The van der Waals surface area contributed by atoms with E-state index in [0.717, 1.165) is 6.08 Å². The number of fused-ring (bicyclic) bond motifs is 4. The zero-order valence-corrected chi connectivity index (χ0v) is 30.5. The SMILES string of the molecule is O=C(C=Cc1ccccc1CN1O[C@@H]2[C@H]3OC(c4ccccc4)(c4ccccc4)O[C@H]3[C@H]3C[C@]2(C(=O)N2CCC[C@@H]2C(=O)NCCO)[C@@H]1C(=O)O3)OCC(F)(F)F. The van der Waals surface area contributed by atoms with E-state index in [1.807, 2.05) is 60.7 Å². The lowest BCUT2D eigenvalue weighted by Crippen LogP contribution is -2.70. The molecule has 16 heteroatoms. The number of ether oxygens (including phenoxy) is 4. The molecule has 4 saturated heterocycles. The number of nitrogens with zero attached hydrogens (tertiary/aromatic N) is 2. The summed E-state index contributed by atoms with van der Waals surface area (Å²) in [5.41, 5.74) is 0.604. The van der Waals surface area contributed by atoms with E-state index >= 15 is 4.79 Å². The second-order valence-electron chi connectivity index (χ2n) is 14.7. The minimum Gasteiger partial charge on any atom is -0.458 e. The number of rotatable bonds is 11. The smallest absolute Gasteiger partial charge is 0.422 e. The molecule has 300 valence electrons. The first kappa shape index (κ1) is 38.7. The Morgan fingerprint density at radius 3 is 2.30 bits per heavy atom. The fourth-order valence-corrected chi connectivity index (χ4v) is 8.88. The van der Waals surface area contributed by atoms with Gasteiger partial charge in [-0.1, -0.05) is 84.9 Å². The molecule has 5 fully saturated rings. The highest BCUT2D eigenvalue weighted by Gasteiger charge is 2.77. The molecule has 4 heterocycles. The number of amides is 2. The van der Waals surface area contributed by atoms with Gasteiger partial charge in [0.25, 0.3) is 0 Å². The predicted molar refractivity (Wildman–Crippen MR) is 192 cm³/mol. The van der Waals surface area contributed by atoms with Gasteiger partial charge in [0.2, 0.25) is 17.6 Å². The van der Waals surface area contributed by atoms with Crippen molar-refractivity contribution in [3.63, 3.8) is 0 Å². The Balaban J connectivity index is 1.19. The maximum absolute atomic E-state index is 15.3. The van der Waals surface area contributed by atoms with Crippen LogP contribution in [0.25, 0.3) is 6.08 Å². The molecule has 0 unspecified atom stereocenters. The van der Waals surface area contributed by atoms with Gasteiger partial charge < -0.3 is 34.3 Å². The number of nitrogens with one attached hydrogen (secondary N) is 1.